The molecule has 5 aromatic carbocycles. The van der Waals surface area contributed by atoms with Gasteiger partial charge >= 0.3 is 0 Å². The number of nitrogens with zero attached hydrogens (tertiary/aromatic N) is 5. The fourth-order valence-corrected chi connectivity index (χ4v) is 8.14. The number of carbonyl (C=O) groups is 2. The third kappa shape index (κ3) is 6.67. The maximum Gasteiger partial charge on any atom is 0.265 e. The van der Waals surface area contributed by atoms with Gasteiger partial charge in [-0.1, -0.05) is 54.1 Å². The van der Waals surface area contributed by atoms with E-state index in [1.807, 2.05) is 45.9 Å². The van der Waals surface area contributed by atoms with Crippen molar-refractivity contribution in [1.29, 1.82) is 0 Å². The molecule has 0 spiro atoms. The quantitative estimate of drug-likeness (QED) is 0.181. The fraction of sp³-hybridized carbons (Fsp3) is 0.227. The van der Waals surface area contributed by atoms with Crippen molar-refractivity contribution in [2.75, 3.05) is 51.5 Å². The van der Waals surface area contributed by atoms with Crippen molar-refractivity contribution >= 4 is 45.7 Å². The van der Waals surface area contributed by atoms with E-state index >= 15 is 4.79 Å². The van der Waals surface area contributed by atoms with E-state index in [0.29, 0.717) is 56.6 Å². The smallest absolute Gasteiger partial charge is 0.265 e. The zero-order valence-corrected chi connectivity index (χ0v) is 31.2. The zero-order valence-electron chi connectivity index (χ0n) is 30.4. The zero-order chi connectivity index (χ0) is 37.6. The maximum absolute atomic E-state index is 15.2. The normalized spacial score (nSPS) is 17.0. The number of benzene rings is 5. The molecule has 9 rings (SSSR count). The van der Waals surface area contributed by atoms with Crippen molar-refractivity contribution < 1.29 is 24.2 Å². The average Bonchev–Trinajstić information content (AvgIpc) is 3.84. The van der Waals surface area contributed by atoms with Gasteiger partial charge in [-0.3, -0.25) is 19.4 Å². The Hall–Kier alpha value is -5.81. The predicted octanol–water partition coefficient (Wildman–Crippen LogP) is 7.51. The summed E-state index contributed by atoms with van der Waals surface area (Å²) in [6.07, 6.45) is 2.56. The molecule has 1 aromatic heterocycles. The first kappa shape index (κ1) is 34.9. The monoisotopic (exact) mass is 753 g/mol. The standard InChI is InChI=1S/C44H40ClN5O5/c1-46-18-20-47(21-19-46)26-34-22-29-6-2-3-7-30(29)25-48(34)43(52)37-23-41-42(55-28-54-41)24-40(37)49-27-38(36-8-4-5-9-39(36)49)44(53)50(32-12-10-31(45)11-13-32)33-14-16-35(51)17-15-33/h2-17,23-24,27,34,51H,18-22,25-26,28H2,1H3/t34-/m0/s1. The minimum atomic E-state index is -0.295. The number of halogens is 1. The summed E-state index contributed by atoms with van der Waals surface area (Å²) in [5.74, 6) is 0.721. The highest BCUT2D eigenvalue weighted by atomic mass is 35.5. The van der Waals surface area contributed by atoms with Crippen molar-refractivity contribution in [2.45, 2.75) is 19.0 Å². The molecule has 2 amide bonds. The summed E-state index contributed by atoms with van der Waals surface area (Å²) in [7, 11) is 2.15. The molecule has 1 fully saturated rings. The van der Waals surface area contributed by atoms with Gasteiger partial charge in [0.1, 0.15) is 5.75 Å². The van der Waals surface area contributed by atoms with Crippen LogP contribution >= 0.6 is 11.6 Å². The van der Waals surface area contributed by atoms with Gasteiger partial charge in [-0.15, -0.1) is 0 Å². The molecule has 10 nitrogen and oxygen atoms in total. The summed E-state index contributed by atoms with van der Waals surface area (Å²) in [6.45, 7) is 5.21. The molecule has 1 atom stereocenters. The van der Waals surface area contributed by atoms with Gasteiger partial charge in [0.25, 0.3) is 11.8 Å². The van der Waals surface area contributed by atoms with Crippen LogP contribution in [0.5, 0.6) is 17.2 Å². The predicted molar refractivity (Wildman–Crippen MR) is 213 cm³/mol. The van der Waals surface area contributed by atoms with Crippen LogP contribution in [0.4, 0.5) is 11.4 Å². The van der Waals surface area contributed by atoms with E-state index in [4.69, 9.17) is 21.1 Å². The number of carbonyl (C=O) groups excluding carboxylic acids is 2. The number of likely N-dealkylation sites (N-methyl/N-ethyl adjacent to an activating group) is 1. The summed E-state index contributed by atoms with van der Waals surface area (Å²) in [6, 6.07) is 33.2. The molecule has 1 saturated heterocycles. The molecular formula is C44H40ClN5O5. The number of phenols is 1. The van der Waals surface area contributed by atoms with Gasteiger partial charge in [-0.05, 0) is 85.3 Å². The average molecular weight is 754 g/mol. The molecule has 0 aliphatic carbocycles. The van der Waals surface area contributed by atoms with E-state index in [1.165, 1.54) is 5.56 Å². The Labute approximate surface area is 324 Å². The Balaban J connectivity index is 1.15. The number of hydrogen-bond acceptors (Lipinski definition) is 7. The SMILES string of the molecule is CN1CCN(C[C@@H]2Cc3ccccc3CN2C(=O)c2cc3c(cc2-n2cc(C(=O)N(c4ccc(O)cc4)c4ccc(Cl)cc4)c4ccccc42)OCO3)CC1. The van der Waals surface area contributed by atoms with Crippen LogP contribution in [0, 0.1) is 0 Å². The second-order valence-electron chi connectivity index (χ2n) is 14.4. The first-order valence-electron chi connectivity index (χ1n) is 18.5. The first-order chi connectivity index (χ1) is 26.8. The number of anilines is 2. The van der Waals surface area contributed by atoms with E-state index in [1.54, 1.807) is 65.7 Å². The molecule has 6 aromatic rings. The highest BCUT2D eigenvalue weighted by Gasteiger charge is 2.35. The van der Waals surface area contributed by atoms with Crippen molar-refractivity contribution in [3.63, 3.8) is 0 Å². The molecule has 11 heteroatoms. The second kappa shape index (κ2) is 14.4. The molecule has 3 aliphatic rings. The second-order valence-corrected chi connectivity index (χ2v) is 14.9. The Morgan fingerprint density at radius 2 is 1.45 bits per heavy atom. The molecule has 0 bridgehead atoms. The van der Waals surface area contributed by atoms with Gasteiger partial charge in [0.05, 0.1) is 22.3 Å². The molecule has 0 radical (unpaired) electrons. The molecule has 4 heterocycles. The highest BCUT2D eigenvalue weighted by Crippen LogP contribution is 2.40. The lowest BCUT2D eigenvalue weighted by Crippen LogP contribution is -2.53. The number of aromatic nitrogens is 1. The topological polar surface area (TPSA) is 90.7 Å². The number of amides is 2. The maximum atomic E-state index is 15.2. The Morgan fingerprint density at radius 1 is 0.800 bits per heavy atom. The molecule has 0 saturated carbocycles. The summed E-state index contributed by atoms with van der Waals surface area (Å²) < 4.78 is 13.7. The summed E-state index contributed by atoms with van der Waals surface area (Å²) in [5.41, 5.74) is 5.81. The number of ether oxygens (including phenoxy) is 2. The van der Waals surface area contributed by atoms with E-state index in [-0.39, 0.29) is 30.4 Å². The van der Waals surface area contributed by atoms with Crippen LogP contribution < -0.4 is 14.4 Å². The van der Waals surface area contributed by atoms with Gasteiger partial charge in [-0.2, -0.15) is 0 Å². The number of piperazine rings is 1. The third-order valence-electron chi connectivity index (χ3n) is 11.0. The molecule has 3 aliphatic heterocycles. The van der Waals surface area contributed by atoms with E-state index in [0.717, 1.165) is 50.2 Å². The van der Waals surface area contributed by atoms with Crippen LogP contribution in [0.2, 0.25) is 5.02 Å². The van der Waals surface area contributed by atoms with Crippen LogP contribution in [0.1, 0.15) is 31.8 Å². The van der Waals surface area contributed by atoms with Crippen molar-refractivity contribution in [3.05, 3.63) is 143 Å². The molecule has 1 N–H and O–H groups in total. The lowest BCUT2D eigenvalue weighted by molar-refractivity contribution is 0.0535. The lowest BCUT2D eigenvalue weighted by Gasteiger charge is -2.41. The van der Waals surface area contributed by atoms with Gasteiger partial charge in [0.2, 0.25) is 6.79 Å². The molecule has 55 heavy (non-hydrogen) atoms. The fourth-order valence-electron chi connectivity index (χ4n) is 8.02. The van der Waals surface area contributed by atoms with Gasteiger partial charge in [-0.25, -0.2) is 0 Å². The van der Waals surface area contributed by atoms with Gasteiger partial charge < -0.3 is 28.9 Å². The van der Waals surface area contributed by atoms with Gasteiger partial charge in [0.15, 0.2) is 11.5 Å². The van der Waals surface area contributed by atoms with Crippen LogP contribution in [0.25, 0.3) is 16.6 Å². The number of aromatic hydroxyl groups is 1. The Bertz CT molecular complexity index is 2360. The van der Waals surface area contributed by atoms with E-state index in [9.17, 15) is 9.90 Å². The van der Waals surface area contributed by atoms with E-state index in [2.05, 4.69) is 35.0 Å². The molecule has 0 unspecified atom stereocenters. The summed E-state index contributed by atoms with van der Waals surface area (Å²) in [4.78, 5) is 38.5. The summed E-state index contributed by atoms with van der Waals surface area (Å²) in [5, 5.41) is 11.3. The number of para-hydroxylation sites is 1. The van der Waals surface area contributed by atoms with Crippen molar-refractivity contribution in [2.24, 2.45) is 0 Å². The largest absolute Gasteiger partial charge is 0.508 e. The van der Waals surface area contributed by atoms with Crippen LogP contribution in [-0.2, 0) is 13.0 Å². The Morgan fingerprint density at radius 3 is 2.20 bits per heavy atom. The van der Waals surface area contributed by atoms with Crippen LogP contribution in [-0.4, -0.2) is 88.8 Å². The Kier molecular flexibility index (Phi) is 9.17. The highest BCUT2D eigenvalue weighted by molar-refractivity contribution is 6.30. The van der Waals surface area contributed by atoms with Crippen LogP contribution in [0.3, 0.4) is 0 Å². The number of rotatable bonds is 7. The first-order valence-corrected chi connectivity index (χ1v) is 18.9. The van der Waals surface area contributed by atoms with E-state index < -0.39 is 0 Å². The number of fused-ring (bicyclic) bond motifs is 3. The lowest BCUT2D eigenvalue weighted by atomic mass is 9.92. The van der Waals surface area contributed by atoms with Crippen LogP contribution in [0.15, 0.2) is 115 Å². The minimum Gasteiger partial charge on any atom is -0.508 e. The summed E-state index contributed by atoms with van der Waals surface area (Å²) >= 11 is 6.26. The minimum absolute atomic E-state index is 0.0409. The number of hydrogen-bond donors (Lipinski definition) is 1. The third-order valence-corrected chi connectivity index (χ3v) is 11.3. The van der Waals surface area contributed by atoms with Gasteiger partial charge in [0, 0.05) is 79.4 Å². The van der Waals surface area contributed by atoms with Crippen molar-refractivity contribution in [1.82, 2.24) is 19.3 Å². The van der Waals surface area contributed by atoms with Crippen molar-refractivity contribution in [3.8, 4) is 22.9 Å². The molecule has 278 valence electrons. The number of phenolic OH excluding ortho intramolecular Hbond substituents is 1. The molecular weight excluding hydrogens is 714 g/mol.